The van der Waals surface area contributed by atoms with Gasteiger partial charge in [-0.05, 0) is 52.0 Å². The highest BCUT2D eigenvalue weighted by molar-refractivity contribution is 7.91. The van der Waals surface area contributed by atoms with Gasteiger partial charge >= 0.3 is 0 Å². The summed E-state index contributed by atoms with van der Waals surface area (Å²) >= 11 is 0. The summed E-state index contributed by atoms with van der Waals surface area (Å²) in [4.78, 5) is 27.2. The summed E-state index contributed by atoms with van der Waals surface area (Å²) in [6, 6.07) is 8.92. The van der Waals surface area contributed by atoms with Crippen LogP contribution in [0.25, 0.3) is 5.69 Å². The average Bonchev–Trinajstić information content (AvgIpc) is 2.99. The molecule has 1 aromatic heterocycles. The fourth-order valence-electron chi connectivity index (χ4n) is 3.62. The molecule has 29 heavy (non-hydrogen) atoms. The van der Waals surface area contributed by atoms with Gasteiger partial charge in [0.25, 0.3) is 5.91 Å². The summed E-state index contributed by atoms with van der Waals surface area (Å²) < 4.78 is 25.2. The van der Waals surface area contributed by atoms with E-state index in [-0.39, 0.29) is 36.4 Å². The van der Waals surface area contributed by atoms with Crippen LogP contribution in [0, 0.1) is 20.8 Å². The van der Waals surface area contributed by atoms with Crippen molar-refractivity contribution >= 4 is 21.7 Å². The zero-order valence-corrected chi connectivity index (χ0v) is 18.0. The molecule has 2 amide bonds. The van der Waals surface area contributed by atoms with Crippen LogP contribution in [0.3, 0.4) is 0 Å². The van der Waals surface area contributed by atoms with Gasteiger partial charge < -0.3 is 14.8 Å². The zero-order valence-electron chi connectivity index (χ0n) is 17.2. The molecule has 1 aliphatic heterocycles. The van der Waals surface area contributed by atoms with E-state index in [1.54, 1.807) is 6.92 Å². The van der Waals surface area contributed by atoms with Crippen molar-refractivity contribution in [3.63, 3.8) is 0 Å². The first-order chi connectivity index (χ1) is 13.6. The Balaban J connectivity index is 1.80. The first kappa shape index (κ1) is 21.1. The number of carbonyl (C=O) groups is 2. The Bertz CT molecular complexity index is 1020. The molecule has 2 aromatic rings. The molecular formula is C21H27N3O4S. The molecule has 1 fully saturated rings. The lowest BCUT2D eigenvalue weighted by atomic mass is 10.1. The molecule has 0 saturated carbocycles. The second-order valence-electron chi connectivity index (χ2n) is 7.64. The van der Waals surface area contributed by atoms with Crippen LogP contribution in [0.4, 0.5) is 0 Å². The minimum absolute atomic E-state index is 0.0341. The molecule has 156 valence electrons. The number of aryl methyl sites for hydroxylation is 3. The predicted molar refractivity (Wildman–Crippen MR) is 112 cm³/mol. The topological polar surface area (TPSA) is 88.5 Å². The van der Waals surface area contributed by atoms with E-state index in [9.17, 15) is 18.0 Å². The van der Waals surface area contributed by atoms with Crippen molar-refractivity contribution in [1.29, 1.82) is 0 Å². The molecule has 0 bridgehead atoms. The van der Waals surface area contributed by atoms with Crippen LogP contribution in [-0.2, 0) is 14.6 Å². The monoisotopic (exact) mass is 417 g/mol. The Morgan fingerprint density at radius 1 is 1.00 bits per heavy atom. The number of nitrogens with one attached hydrogen (secondary N) is 1. The molecule has 1 N–H and O–H groups in total. The number of hydrogen-bond donors (Lipinski definition) is 1. The van der Waals surface area contributed by atoms with Crippen molar-refractivity contribution in [2.75, 3.05) is 24.6 Å². The summed E-state index contributed by atoms with van der Waals surface area (Å²) in [5.74, 6) is -0.668. The van der Waals surface area contributed by atoms with E-state index in [1.165, 1.54) is 4.90 Å². The van der Waals surface area contributed by atoms with Crippen LogP contribution in [0.1, 0.15) is 34.2 Å². The van der Waals surface area contributed by atoms with Crippen molar-refractivity contribution in [3.05, 3.63) is 52.8 Å². The van der Waals surface area contributed by atoms with Crippen LogP contribution in [-0.4, -0.2) is 60.3 Å². The molecule has 3 rings (SSSR count). The second kappa shape index (κ2) is 8.02. The number of rotatable bonds is 4. The standard InChI is InChI=1S/C21H27N3O4S/c1-14-5-8-19(24-15(2)6-7-16(24)3)18(13-14)20(25)22-17(4)21(26)23-9-11-29(27,28)12-10-23/h5-8,13,17H,9-12H2,1-4H3,(H,22,25). The normalized spacial score (nSPS) is 17.0. The van der Waals surface area contributed by atoms with Gasteiger partial charge in [-0.2, -0.15) is 0 Å². The largest absolute Gasteiger partial charge is 0.340 e. The van der Waals surface area contributed by atoms with Crippen LogP contribution in [0.15, 0.2) is 30.3 Å². The third kappa shape index (κ3) is 4.53. The highest BCUT2D eigenvalue weighted by Gasteiger charge is 2.29. The van der Waals surface area contributed by atoms with E-state index in [2.05, 4.69) is 5.32 Å². The van der Waals surface area contributed by atoms with Gasteiger partial charge in [-0.25, -0.2) is 8.42 Å². The molecule has 2 heterocycles. The first-order valence-electron chi connectivity index (χ1n) is 9.65. The Labute approximate surface area is 171 Å². The molecule has 1 atom stereocenters. The predicted octanol–water partition coefficient (Wildman–Crippen LogP) is 1.78. The number of nitrogens with zero attached hydrogens (tertiary/aromatic N) is 2. The maximum Gasteiger partial charge on any atom is 0.254 e. The summed E-state index contributed by atoms with van der Waals surface area (Å²) in [7, 11) is -3.07. The fraction of sp³-hybridized carbons (Fsp3) is 0.429. The van der Waals surface area contributed by atoms with Crippen LogP contribution in [0.5, 0.6) is 0 Å². The maximum absolute atomic E-state index is 13.0. The molecule has 0 radical (unpaired) electrons. The van der Waals surface area contributed by atoms with Gasteiger partial charge in [-0.15, -0.1) is 0 Å². The SMILES string of the molecule is Cc1ccc(-n2c(C)ccc2C)c(C(=O)NC(C)C(=O)N2CCS(=O)(=O)CC2)c1. The third-order valence-electron chi connectivity index (χ3n) is 5.28. The molecule has 1 aliphatic rings. The Morgan fingerprint density at radius 3 is 2.17 bits per heavy atom. The third-order valence-corrected chi connectivity index (χ3v) is 6.89. The molecule has 1 saturated heterocycles. The lowest BCUT2D eigenvalue weighted by molar-refractivity contribution is -0.132. The van der Waals surface area contributed by atoms with Crippen LogP contribution >= 0.6 is 0 Å². The smallest absolute Gasteiger partial charge is 0.254 e. The second-order valence-corrected chi connectivity index (χ2v) is 9.95. The quantitative estimate of drug-likeness (QED) is 0.821. The fourth-order valence-corrected chi connectivity index (χ4v) is 4.82. The Kier molecular flexibility index (Phi) is 5.84. The molecule has 8 heteroatoms. The number of benzene rings is 1. The van der Waals surface area contributed by atoms with E-state index in [4.69, 9.17) is 0 Å². The van der Waals surface area contributed by atoms with Gasteiger partial charge in [0.1, 0.15) is 6.04 Å². The molecule has 0 spiro atoms. The number of aromatic nitrogens is 1. The van der Waals surface area contributed by atoms with E-state index in [1.807, 2.05) is 55.7 Å². The summed E-state index contributed by atoms with van der Waals surface area (Å²) in [5.41, 5.74) is 4.23. The number of sulfone groups is 1. The van der Waals surface area contributed by atoms with Gasteiger partial charge in [0.15, 0.2) is 9.84 Å². The minimum Gasteiger partial charge on any atom is -0.340 e. The van der Waals surface area contributed by atoms with Crippen molar-refractivity contribution < 1.29 is 18.0 Å². The Morgan fingerprint density at radius 2 is 1.59 bits per heavy atom. The first-order valence-corrected chi connectivity index (χ1v) is 11.5. The van der Waals surface area contributed by atoms with E-state index in [0.29, 0.717) is 5.56 Å². The lowest BCUT2D eigenvalue weighted by Gasteiger charge is -2.29. The summed E-state index contributed by atoms with van der Waals surface area (Å²) in [6.45, 7) is 7.83. The van der Waals surface area contributed by atoms with Crippen molar-refractivity contribution in [2.45, 2.75) is 33.7 Å². The van der Waals surface area contributed by atoms with Crippen molar-refractivity contribution in [2.24, 2.45) is 0 Å². The molecule has 0 aliphatic carbocycles. The van der Waals surface area contributed by atoms with Gasteiger partial charge in [0.2, 0.25) is 5.91 Å². The maximum atomic E-state index is 13.0. The van der Waals surface area contributed by atoms with Gasteiger partial charge in [-0.3, -0.25) is 9.59 Å². The molecule has 7 nitrogen and oxygen atoms in total. The van der Waals surface area contributed by atoms with Gasteiger partial charge in [0.05, 0.1) is 22.8 Å². The van der Waals surface area contributed by atoms with E-state index >= 15 is 0 Å². The number of carbonyl (C=O) groups excluding carboxylic acids is 2. The summed E-state index contributed by atoms with van der Waals surface area (Å²) in [5, 5.41) is 2.79. The van der Waals surface area contributed by atoms with Crippen molar-refractivity contribution in [1.82, 2.24) is 14.8 Å². The van der Waals surface area contributed by atoms with E-state index in [0.717, 1.165) is 22.6 Å². The molecule has 1 aromatic carbocycles. The van der Waals surface area contributed by atoms with Crippen LogP contribution < -0.4 is 5.32 Å². The van der Waals surface area contributed by atoms with Crippen LogP contribution in [0.2, 0.25) is 0 Å². The lowest BCUT2D eigenvalue weighted by Crippen LogP contribution is -2.51. The number of hydrogen-bond acceptors (Lipinski definition) is 4. The number of amides is 2. The highest BCUT2D eigenvalue weighted by Crippen LogP contribution is 2.22. The molecular weight excluding hydrogens is 390 g/mol. The Hall–Kier alpha value is -2.61. The summed E-state index contributed by atoms with van der Waals surface area (Å²) in [6.07, 6.45) is 0. The highest BCUT2D eigenvalue weighted by atomic mass is 32.2. The van der Waals surface area contributed by atoms with E-state index < -0.39 is 15.9 Å². The van der Waals surface area contributed by atoms with Gasteiger partial charge in [0, 0.05) is 24.5 Å². The van der Waals surface area contributed by atoms with Crippen molar-refractivity contribution in [3.8, 4) is 5.69 Å². The zero-order chi connectivity index (χ0) is 21.3. The van der Waals surface area contributed by atoms with Gasteiger partial charge in [-0.1, -0.05) is 11.6 Å². The minimum atomic E-state index is -3.07. The average molecular weight is 418 g/mol. The molecule has 1 unspecified atom stereocenters.